The molecule has 0 unspecified atom stereocenters. The zero-order chi connectivity index (χ0) is 25.8. The molecule has 2 aromatic rings. The summed E-state index contributed by atoms with van der Waals surface area (Å²) in [6, 6.07) is 6.56. The van der Waals surface area contributed by atoms with Crippen LogP contribution >= 0.6 is 0 Å². The molecule has 190 valence electrons. The summed E-state index contributed by atoms with van der Waals surface area (Å²) < 4.78 is 54.2. The van der Waals surface area contributed by atoms with Crippen molar-refractivity contribution in [2.45, 2.75) is 6.42 Å². The molecule has 2 fully saturated rings. The van der Waals surface area contributed by atoms with Crippen molar-refractivity contribution < 1.29 is 27.2 Å². The number of piperidine rings is 1. The first kappa shape index (κ1) is 25.8. The number of hydrogen-bond donors (Lipinski definition) is 0. The summed E-state index contributed by atoms with van der Waals surface area (Å²) >= 11 is 0. The molecule has 0 N–H and O–H groups in total. The summed E-state index contributed by atoms with van der Waals surface area (Å²) in [5.41, 5.74) is 0.982. The number of Topliss-reactive ketones (excluding diaryl/α,β-unsaturated/α-hetero) is 1. The SMILES string of the molecule is CN1CCN(CCC(=O)N2C/C(=C\c3ccc(F)c(F)c3)C(=O)/C(=C/c3ccc(F)c(F)c3)C2)CC1. The van der Waals surface area contributed by atoms with Gasteiger partial charge < -0.3 is 14.7 Å². The molecule has 9 heteroatoms. The molecule has 2 saturated heterocycles. The van der Waals surface area contributed by atoms with Gasteiger partial charge in [0, 0.05) is 63.4 Å². The molecule has 1 amide bonds. The van der Waals surface area contributed by atoms with E-state index in [1.807, 2.05) is 0 Å². The van der Waals surface area contributed by atoms with E-state index in [1.54, 1.807) is 0 Å². The van der Waals surface area contributed by atoms with Crippen LogP contribution in [0.3, 0.4) is 0 Å². The van der Waals surface area contributed by atoms with E-state index >= 15 is 0 Å². The number of halogens is 4. The number of piperazine rings is 1. The van der Waals surface area contributed by atoms with Gasteiger partial charge in [-0.3, -0.25) is 9.59 Å². The van der Waals surface area contributed by atoms with E-state index in [1.165, 1.54) is 29.2 Å². The summed E-state index contributed by atoms with van der Waals surface area (Å²) in [4.78, 5) is 32.3. The molecule has 5 nitrogen and oxygen atoms in total. The summed E-state index contributed by atoms with van der Waals surface area (Å²) in [5, 5.41) is 0. The molecule has 0 aliphatic carbocycles. The van der Waals surface area contributed by atoms with Crippen molar-refractivity contribution in [3.05, 3.63) is 81.9 Å². The number of hydrogen-bond acceptors (Lipinski definition) is 4. The number of likely N-dealkylation sites (N-methyl/N-ethyl adjacent to an activating group) is 1. The molecule has 2 aliphatic heterocycles. The summed E-state index contributed by atoms with van der Waals surface area (Å²) in [7, 11) is 2.05. The van der Waals surface area contributed by atoms with Crippen molar-refractivity contribution in [1.29, 1.82) is 0 Å². The first-order chi connectivity index (χ1) is 17.2. The average Bonchev–Trinajstić information content (AvgIpc) is 2.85. The molecule has 36 heavy (non-hydrogen) atoms. The van der Waals surface area contributed by atoms with Crippen molar-refractivity contribution >= 4 is 23.8 Å². The van der Waals surface area contributed by atoms with Gasteiger partial charge >= 0.3 is 0 Å². The quantitative estimate of drug-likeness (QED) is 0.463. The predicted octanol–water partition coefficient (Wildman–Crippen LogP) is 3.76. The van der Waals surface area contributed by atoms with Gasteiger partial charge in [0.15, 0.2) is 29.1 Å². The Hall–Kier alpha value is -3.30. The monoisotopic (exact) mass is 501 g/mol. The maximum atomic E-state index is 13.7. The Labute approximate surface area is 207 Å². The second-order valence-electron chi connectivity index (χ2n) is 9.16. The van der Waals surface area contributed by atoms with Gasteiger partial charge in [0.1, 0.15) is 0 Å². The zero-order valence-corrected chi connectivity index (χ0v) is 19.9. The molecule has 0 radical (unpaired) electrons. The maximum Gasteiger partial charge on any atom is 0.224 e. The van der Waals surface area contributed by atoms with Crippen molar-refractivity contribution in [2.24, 2.45) is 0 Å². The lowest BCUT2D eigenvalue weighted by atomic mass is 9.94. The van der Waals surface area contributed by atoms with Gasteiger partial charge in [-0.05, 0) is 54.6 Å². The van der Waals surface area contributed by atoms with Gasteiger partial charge in [-0.1, -0.05) is 12.1 Å². The van der Waals surface area contributed by atoms with E-state index in [2.05, 4.69) is 16.8 Å². The molecule has 2 heterocycles. The molecular weight excluding hydrogens is 474 g/mol. The Kier molecular flexibility index (Phi) is 8.01. The second-order valence-corrected chi connectivity index (χ2v) is 9.16. The second kappa shape index (κ2) is 11.2. The highest BCUT2D eigenvalue weighted by Gasteiger charge is 2.29. The molecule has 0 aromatic heterocycles. The van der Waals surface area contributed by atoms with Crippen LogP contribution in [0.2, 0.25) is 0 Å². The number of amides is 1. The van der Waals surface area contributed by atoms with Crippen molar-refractivity contribution in [3.8, 4) is 0 Å². The molecule has 0 atom stereocenters. The first-order valence-corrected chi connectivity index (χ1v) is 11.7. The summed E-state index contributed by atoms with van der Waals surface area (Å²) in [6.45, 7) is 4.18. The number of rotatable bonds is 5. The van der Waals surface area contributed by atoms with Crippen LogP contribution in [0.15, 0.2) is 47.5 Å². The number of nitrogens with zero attached hydrogens (tertiary/aromatic N) is 3. The van der Waals surface area contributed by atoms with Crippen LogP contribution in [0, 0.1) is 23.3 Å². The van der Waals surface area contributed by atoms with Crippen LogP contribution in [0.5, 0.6) is 0 Å². The Morgan fingerprint density at radius 1 is 0.806 bits per heavy atom. The van der Waals surface area contributed by atoms with Crippen LogP contribution in [-0.2, 0) is 9.59 Å². The number of likely N-dealkylation sites (tertiary alicyclic amines) is 1. The smallest absolute Gasteiger partial charge is 0.224 e. The minimum absolute atomic E-state index is 0.00845. The van der Waals surface area contributed by atoms with E-state index in [0.29, 0.717) is 6.54 Å². The maximum absolute atomic E-state index is 13.7. The third-order valence-corrected chi connectivity index (χ3v) is 6.47. The minimum Gasteiger partial charge on any atom is -0.334 e. The Morgan fingerprint density at radius 3 is 1.78 bits per heavy atom. The standard InChI is InChI=1S/C27H27F4N3O2/c1-32-8-10-33(11-9-32)7-6-26(35)34-16-20(12-18-2-4-22(28)24(30)14-18)27(36)21(17-34)13-19-3-5-23(29)25(31)15-19/h2-5,12-15H,6-11,16-17H2,1H3/b20-12+,21-13+. The zero-order valence-electron chi connectivity index (χ0n) is 19.9. The highest BCUT2D eigenvalue weighted by atomic mass is 19.2. The van der Waals surface area contributed by atoms with E-state index in [9.17, 15) is 27.2 Å². The molecule has 0 spiro atoms. The Bertz CT molecular complexity index is 1150. The topological polar surface area (TPSA) is 43.9 Å². The van der Waals surface area contributed by atoms with Crippen LogP contribution in [0.4, 0.5) is 17.6 Å². The van der Waals surface area contributed by atoms with E-state index < -0.39 is 29.1 Å². The average molecular weight is 502 g/mol. The minimum atomic E-state index is -1.05. The predicted molar refractivity (Wildman–Crippen MR) is 129 cm³/mol. The number of benzene rings is 2. The molecule has 0 saturated carbocycles. The van der Waals surface area contributed by atoms with E-state index in [-0.39, 0.29) is 47.7 Å². The summed E-state index contributed by atoms with van der Waals surface area (Å²) in [6.07, 6.45) is 3.10. The van der Waals surface area contributed by atoms with Crippen molar-refractivity contribution in [1.82, 2.24) is 14.7 Å². The van der Waals surface area contributed by atoms with Gasteiger partial charge in [-0.2, -0.15) is 0 Å². The third kappa shape index (κ3) is 6.27. The number of carbonyl (C=O) groups is 2. The molecule has 0 bridgehead atoms. The van der Waals surface area contributed by atoms with E-state index in [4.69, 9.17) is 0 Å². The molecule has 4 rings (SSSR count). The first-order valence-electron chi connectivity index (χ1n) is 11.7. The largest absolute Gasteiger partial charge is 0.334 e. The lowest BCUT2D eigenvalue weighted by Gasteiger charge is -2.34. The third-order valence-electron chi connectivity index (χ3n) is 6.47. The molecule has 2 aromatic carbocycles. The van der Waals surface area contributed by atoms with Gasteiger partial charge in [-0.25, -0.2) is 17.6 Å². The van der Waals surface area contributed by atoms with Crippen molar-refractivity contribution in [3.63, 3.8) is 0 Å². The van der Waals surface area contributed by atoms with E-state index in [0.717, 1.165) is 50.4 Å². The van der Waals surface area contributed by atoms with Crippen LogP contribution in [0.1, 0.15) is 17.5 Å². The number of ketones is 1. The van der Waals surface area contributed by atoms with Crippen LogP contribution < -0.4 is 0 Å². The molecule has 2 aliphatic rings. The lowest BCUT2D eigenvalue weighted by molar-refractivity contribution is -0.131. The van der Waals surface area contributed by atoms with Gasteiger partial charge in [0.05, 0.1) is 0 Å². The summed E-state index contributed by atoms with van der Waals surface area (Å²) in [5.74, 6) is -4.67. The fourth-order valence-corrected chi connectivity index (χ4v) is 4.31. The highest BCUT2D eigenvalue weighted by Crippen LogP contribution is 2.24. The number of carbonyl (C=O) groups excluding carboxylic acids is 2. The Morgan fingerprint density at radius 2 is 1.31 bits per heavy atom. The normalized spacial score (nSPS) is 19.9. The lowest BCUT2D eigenvalue weighted by Crippen LogP contribution is -2.46. The molecular formula is C27H27F4N3O2. The van der Waals surface area contributed by atoms with Gasteiger partial charge in [0.25, 0.3) is 0 Å². The fourth-order valence-electron chi connectivity index (χ4n) is 4.31. The van der Waals surface area contributed by atoms with Crippen molar-refractivity contribution in [2.75, 3.05) is 52.9 Å². The van der Waals surface area contributed by atoms with Crippen LogP contribution in [-0.4, -0.2) is 79.3 Å². The highest BCUT2D eigenvalue weighted by molar-refractivity contribution is 6.15. The van der Waals surface area contributed by atoms with Gasteiger partial charge in [0.2, 0.25) is 5.91 Å². The van der Waals surface area contributed by atoms with Crippen LogP contribution in [0.25, 0.3) is 12.2 Å². The fraction of sp³-hybridized carbons (Fsp3) is 0.333. The van der Waals surface area contributed by atoms with Gasteiger partial charge in [-0.15, -0.1) is 0 Å². The Balaban J connectivity index is 1.58.